The molecule has 1 aromatic carbocycles. The first-order valence-electron chi connectivity index (χ1n) is 7.45. The number of aromatic nitrogens is 1. The number of halogens is 1. The fourth-order valence-electron chi connectivity index (χ4n) is 2.30. The van der Waals surface area contributed by atoms with E-state index < -0.39 is 0 Å². The van der Waals surface area contributed by atoms with E-state index in [1.165, 1.54) is 16.5 Å². The van der Waals surface area contributed by atoms with Gasteiger partial charge in [-0.25, -0.2) is 4.99 Å². The Hall–Kier alpha value is -1.54. The van der Waals surface area contributed by atoms with Crippen molar-refractivity contribution >= 4 is 52.2 Å². The fourth-order valence-corrected chi connectivity index (χ4v) is 2.96. The molecular formula is C17H21IN4S. The van der Waals surface area contributed by atoms with Crippen molar-refractivity contribution in [2.75, 3.05) is 6.54 Å². The minimum atomic E-state index is 0. The van der Waals surface area contributed by atoms with Gasteiger partial charge in [-0.05, 0) is 46.8 Å². The highest BCUT2D eigenvalue weighted by Crippen LogP contribution is 2.14. The summed E-state index contributed by atoms with van der Waals surface area (Å²) in [6.07, 6.45) is 0. The number of thiophene rings is 1. The van der Waals surface area contributed by atoms with E-state index in [9.17, 15) is 0 Å². The number of fused-ring (bicyclic) bond motifs is 1. The number of nitrogens with zero attached hydrogens (tertiary/aromatic N) is 1. The van der Waals surface area contributed by atoms with Crippen molar-refractivity contribution in [1.29, 1.82) is 0 Å². The van der Waals surface area contributed by atoms with Crippen LogP contribution in [0.2, 0.25) is 0 Å². The molecule has 0 aliphatic carbocycles. The SMILES string of the molecule is CCNC(=NCc1ccsc1)NCc1cc2ccccc2[nH]1.I. The van der Waals surface area contributed by atoms with Crippen LogP contribution in [0.4, 0.5) is 0 Å². The summed E-state index contributed by atoms with van der Waals surface area (Å²) < 4.78 is 0. The van der Waals surface area contributed by atoms with Gasteiger partial charge in [0.15, 0.2) is 5.96 Å². The van der Waals surface area contributed by atoms with E-state index in [1.807, 2.05) is 6.07 Å². The quantitative estimate of drug-likeness (QED) is 0.318. The Kier molecular flexibility index (Phi) is 6.91. The van der Waals surface area contributed by atoms with Crippen LogP contribution in [0.1, 0.15) is 18.2 Å². The number of nitrogens with one attached hydrogen (secondary N) is 3. The van der Waals surface area contributed by atoms with Gasteiger partial charge < -0.3 is 15.6 Å². The zero-order valence-corrected chi connectivity index (χ0v) is 16.2. The van der Waals surface area contributed by atoms with Crippen molar-refractivity contribution in [3.05, 3.63) is 58.4 Å². The maximum Gasteiger partial charge on any atom is 0.191 e. The number of benzene rings is 1. The van der Waals surface area contributed by atoms with Crippen LogP contribution >= 0.6 is 35.3 Å². The van der Waals surface area contributed by atoms with Gasteiger partial charge in [-0.3, -0.25) is 0 Å². The molecule has 0 atom stereocenters. The summed E-state index contributed by atoms with van der Waals surface area (Å²) in [6, 6.07) is 12.6. The van der Waals surface area contributed by atoms with Crippen LogP contribution in [0.25, 0.3) is 10.9 Å². The molecule has 0 unspecified atom stereocenters. The molecule has 0 fully saturated rings. The van der Waals surface area contributed by atoms with Crippen LogP contribution in [0.5, 0.6) is 0 Å². The first-order chi connectivity index (χ1) is 10.8. The average molecular weight is 440 g/mol. The summed E-state index contributed by atoms with van der Waals surface area (Å²) in [5.41, 5.74) is 3.56. The van der Waals surface area contributed by atoms with Gasteiger partial charge in [0.05, 0.1) is 13.1 Å². The maximum absolute atomic E-state index is 4.61. The molecule has 0 saturated carbocycles. The number of rotatable bonds is 5. The van der Waals surface area contributed by atoms with Gasteiger partial charge >= 0.3 is 0 Å². The van der Waals surface area contributed by atoms with Crippen LogP contribution in [-0.4, -0.2) is 17.5 Å². The monoisotopic (exact) mass is 440 g/mol. The van der Waals surface area contributed by atoms with Crippen molar-refractivity contribution < 1.29 is 0 Å². The highest BCUT2D eigenvalue weighted by molar-refractivity contribution is 14.0. The third-order valence-electron chi connectivity index (χ3n) is 3.38. The standard InChI is InChI=1S/C17H20N4S.HI/c1-2-18-17(19-10-13-7-8-22-12-13)20-11-15-9-14-5-3-4-6-16(14)21-15;/h3-9,12,21H,2,10-11H2,1H3,(H2,18,19,20);1H. The Morgan fingerprint density at radius 2 is 2.09 bits per heavy atom. The summed E-state index contributed by atoms with van der Waals surface area (Å²) in [6.45, 7) is 4.35. The highest BCUT2D eigenvalue weighted by atomic mass is 127. The lowest BCUT2D eigenvalue weighted by molar-refractivity contribution is 0.805. The zero-order chi connectivity index (χ0) is 15.2. The van der Waals surface area contributed by atoms with Gasteiger partial charge in [-0.1, -0.05) is 18.2 Å². The van der Waals surface area contributed by atoms with Crippen LogP contribution in [0.3, 0.4) is 0 Å². The van der Waals surface area contributed by atoms with E-state index in [4.69, 9.17) is 0 Å². The molecule has 0 aliphatic rings. The van der Waals surface area contributed by atoms with Gasteiger partial charge in [-0.15, -0.1) is 24.0 Å². The predicted octanol–water partition coefficient (Wildman–Crippen LogP) is 4.10. The molecule has 2 aromatic heterocycles. The van der Waals surface area contributed by atoms with Gasteiger partial charge in [0.2, 0.25) is 0 Å². The molecular weight excluding hydrogens is 419 g/mol. The van der Waals surface area contributed by atoms with E-state index in [0.29, 0.717) is 6.54 Å². The van der Waals surface area contributed by atoms with Crippen molar-refractivity contribution in [3.8, 4) is 0 Å². The minimum Gasteiger partial charge on any atom is -0.357 e. The third kappa shape index (κ3) is 4.97. The van der Waals surface area contributed by atoms with E-state index in [1.54, 1.807) is 11.3 Å². The number of hydrogen-bond donors (Lipinski definition) is 3. The molecule has 2 heterocycles. The van der Waals surface area contributed by atoms with Crippen LogP contribution in [-0.2, 0) is 13.1 Å². The number of aliphatic imine (C=N–C) groups is 1. The molecule has 3 N–H and O–H groups in total. The molecule has 0 bridgehead atoms. The lowest BCUT2D eigenvalue weighted by Crippen LogP contribution is -2.36. The summed E-state index contributed by atoms with van der Waals surface area (Å²) in [4.78, 5) is 8.03. The van der Waals surface area contributed by atoms with Crippen molar-refractivity contribution in [1.82, 2.24) is 15.6 Å². The molecule has 0 spiro atoms. The number of aromatic amines is 1. The normalized spacial score (nSPS) is 11.3. The Balaban J connectivity index is 0.00000192. The topological polar surface area (TPSA) is 52.2 Å². The number of guanidine groups is 1. The number of hydrogen-bond acceptors (Lipinski definition) is 2. The van der Waals surface area contributed by atoms with E-state index in [-0.39, 0.29) is 24.0 Å². The number of H-pyrrole nitrogens is 1. The second-order valence-electron chi connectivity index (χ2n) is 5.06. The van der Waals surface area contributed by atoms with Gasteiger partial charge in [0.25, 0.3) is 0 Å². The molecule has 0 aliphatic heterocycles. The molecule has 6 heteroatoms. The van der Waals surface area contributed by atoms with E-state index >= 15 is 0 Å². The fraction of sp³-hybridized carbons (Fsp3) is 0.235. The molecule has 3 rings (SSSR count). The summed E-state index contributed by atoms with van der Waals surface area (Å²) in [5.74, 6) is 0.840. The molecule has 0 saturated heterocycles. The van der Waals surface area contributed by atoms with Crippen molar-refractivity contribution in [2.45, 2.75) is 20.0 Å². The molecule has 0 radical (unpaired) electrons. The third-order valence-corrected chi connectivity index (χ3v) is 4.11. The summed E-state index contributed by atoms with van der Waals surface area (Å²) in [5, 5.41) is 12.1. The summed E-state index contributed by atoms with van der Waals surface area (Å²) >= 11 is 1.70. The Bertz CT molecular complexity index is 716. The molecule has 122 valence electrons. The van der Waals surface area contributed by atoms with Crippen LogP contribution < -0.4 is 10.6 Å². The van der Waals surface area contributed by atoms with Gasteiger partial charge in [-0.2, -0.15) is 11.3 Å². The van der Waals surface area contributed by atoms with Crippen molar-refractivity contribution in [2.24, 2.45) is 4.99 Å². The minimum absolute atomic E-state index is 0. The number of para-hydroxylation sites is 1. The van der Waals surface area contributed by atoms with Crippen LogP contribution in [0, 0.1) is 0 Å². The van der Waals surface area contributed by atoms with Crippen molar-refractivity contribution in [3.63, 3.8) is 0 Å². The van der Waals surface area contributed by atoms with E-state index in [0.717, 1.165) is 24.7 Å². The van der Waals surface area contributed by atoms with Gasteiger partial charge in [0.1, 0.15) is 0 Å². The Labute approximate surface area is 157 Å². The second kappa shape index (κ2) is 8.93. The maximum atomic E-state index is 4.61. The first-order valence-corrected chi connectivity index (χ1v) is 8.39. The molecule has 0 amide bonds. The first kappa shape index (κ1) is 17.8. The lowest BCUT2D eigenvalue weighted by atomic mass is 10.2. The largest absolute Gasteiger partial charge is 0.357 e. The molecule has 3 aromatic rings. The lowest BCUT2D eigenvalue weighted by Gasteiger charge is -2.10. The average Bonchev–Trinajstić information content (AvgIpc) is 3.18. The zero-order valence-electron chi connectivity index (χ0n) is 13.0. The molecule has 23 heavy (non-hydrogen) atoms. The predicted molar refractivity (Wildman–Crippen MR) is 110 cm³/mol. The molecule has 4 nitrogen and oxygen atoms in total. The van der Waals surface area contributed by atoms with Gasteiger partial charge in [0, 0.05) is 17.8 Å². The Morgan fingerprint density at radius 1 is 1.22 bits per heavy atom. The highest BCUT2D eigenvalue weighted by Gasteiger charge is 2.02. The van der Waals surface area contributed by atoms with E-state index in [2.05, 4.69) is 68.6 Å². The van der Waals surface area contributed by atoms with Crippen LogP contribution in [0.15, 0.2) is 52.2 Å². The Morgan fingerprint density at radius 3 is 2.83 bits per heavy atom. The second-order valence-corrected chi connectivity index (χ2v) is 5.84. The smallest absolute Gasteiger partial charge is 0.191 e. The summed E-state index contributed by atoms with van der Waals surface area (Å²) in [7, 11) is 0.